The number of nitrogens with zero attached hydrogens (tertiary/aromatic N) is 3. The number of aromatic nitrogens is 2. The lowest BCUT2D eigenvalue weighted by Gasteiger charge is -2.04. The van der Waals surface area contributed by atoms with Crippen LogP contribution in [0.4, 0.5) is 15.8 Å². The van der Waals surface area contributed by atoms with Gasteiger partial charge in [-0.15, -0.1) is 10.2 Å². The van der Waals surface area contributed by atoms with E-state index in [0.29, 0.717) is 5.89 Å². The lowest BCUT2D eigenvalue weighted by molar-refractivity contribution is -0.387. The van der Waals surface area contributed by atoms with Crippen LogP contribution in [0.5, 0.6) is 0 Å². The van der Waals surface area contributed by atoms with Crippen LogP contribution in [-0.4, -0.2) is 26.8 Å². The molecule has 1 aromatic heterocycles. The Balaban J connectivity index is 1.59. The molecular formula is C17H13FN4O4S. The van der Waals surface area contributed by atoms with Crippen molar-refractivity contribution in [1.82, 2.24) is 10.2 Å². The van der Waals surface area contributed by atoms with Gasteiger partial charge in [0.05, 0.1) is 10.7 Å². The second-order valence-electron chi connectivity index (χ2n) is 5.50. The molecule has 1 heterocycles. The Hall–Kier alpha value is -3.27. The number of nitrogens with one attached hydrogen (secondary N) is 1. The van der Waals surface area contributed by atoms with Crippen LogP contribution in [0.2, 0.25) is 0 Å². The number of benzene rings is 2. The average Bonchev–Trinajstić information content (AvgIpc) is 3.11. The maximum Gasteiger partial charge on any atom is 0.306 e. The smallest absolute Gasteiger partial charge is 0.306 e. The van der Waals surface area contributed by atoms with Gasteiger partial charge in [0.2, 0.25) is 17.6 Å². The number of anilines is 1. The molecule has 0 saturated heterocycles. The first-order valence-corrected chi connectivity index (χ1v) is 8.68. The molecule has 0 saturated carbocycles. The molecule has 0 aliphatic rings. The monoisotopic (exact) mass is 388 g/mol. The van der Waals surface area contributed by atoms with E-state index in [1.165, 1.54) is 6.07 Å². The van der Waals surface area contributed by atoms with E-state index in [0.717, 1.165) is 35.0 Å². The number of rotatable bonds is 6. The molecule has 1 amide bonds. The summed E-state index contributed by atoms with van der Waals surface area (Å²) < 4.78 is 18.8. The highest BCUT2D eigenvalue weighted by molar-refractivity contribution is 7.99. The number of hydrogen-bond acceptors (Lipinski definition) is 7. The Labute approximate surface area is 156 Å². The van der Waals surface area contributed by atoms with Crippen molar-refractivity contribution in [2.45, 2.75) is 12.1 Å². The van der Waals surface area contributed by atoms with Crippen LogP contribution in [0.3, 0.4) is 0 Å². The summed E-state index contributed by atoms with van der Waals surface area (Å²) in [6.45, 7) is 1.97. The van der Waals surface area contributed by atoms with E-state index in [9.17, 15) is 19.3 Å². The van der Waals surface area contributed by atoms with Crippen LogP contribution in [-0.2, 0) is 4.79 Å². The van der Waals surface area contributed by atoms with E-state index in [2.05, 4.69) is 15.5 Å². The quantitative estimate of drug-likeness (QED) is 0.388. The van der Waals surface area contributed by atoms with Gasteiger partial charge in [0.1, 0.15) is 0 Å². The van der Waals surface area contributed by atoms with Gasteiger partial charge >= 0.3 is 5.69 Å². The molecule has 8 nitrogen and oxygen atoms in total. The van der Waals surface area contributed by atoms with Gasteiger partial charge in [-0.3, -0.25) is 14.9 Å². The molecule has 10 heteroatoms. The van der Waals surface area contributed by atoms with E-state index >= 15 is 0 Å². The van der Waals surface area contributed by atoms with E-state index in [1.54, 1.807) is 0 Å². The Morgan fingerprint density at radius 1 is 1.26 bits per heavy atom. The predicted octanol–water partition coefficient (Wildman–Crippen LogP) is 3.82. The third-order valence-corrected chi connectivity index (χ3v) is 4.28. The molecule has 3 aromatic rings. The van der Waals surface area contributed by atoms with Gasteiger partial charge in [-0.25, -0.2) is 0 Å². The third kappa shape index (κ3) is 4.67. The van der Waals surface area contributed by atoms with Gasteiger partial charge in [-0.2, -0.15) is 4.39 Å². The zero-order valence-corrected chi connectivity index (χ0v) is 14.8. The van der Waals surface area contributed by atoms with Gasteiger partial charge in [0.25, 0.3) is 5.22 Å². The SMILES string of the molecule is Cc1ccc(-c2nnc(SCC(=O)Nc3ccc(F)c([N+](=O)[O-])c3)o2)cc1. The minimum Gasteiger partial charge on any atom is -0.411 e. The van der Waals surface area contributed by atoms with Crippen molar-refractivity contribution in [3.05, 3.63) is 64.0 Å². The van der Waals surface area contributed by atoms with Crippen molar-refractivity contribution in [3.63, 3.8) is 0 Å². The largest absolute Gasteiger partial charge is 0.411 e. The Kier molecular flexibility index (Phi) is 5.46. The molecule has 0 aliphatic heterocycles. The summed E-state index contributed by atoms with van der Waals surface area (Å²) in [6, 6.07) is 10.7. The van der Waals surface area contributed by atoms with Crippen LogP contribution >= 0.6 is 11.8 Å². The summed E-state index contributed by atoms with van der Waals surface area (Å²) in [7, 11) is 0. The molecule has 138 valence electrons. The predicted molar refractivity (Wildman–Crippen MR) is 96.9 cm³/mol. The van der Waals surface area contributed by atoms with Crippen molar-refractivity contribution in [3.8, 4) is 11.5 Å². The standard InChI is InChI=1S/C17H13FN4O4S/c1-10-2-4-11(5-3-10)16-20-21-17(26-16)27-9-15(23)19-12-6-7-13(18)14(8-12)22(24)25/h2-8H,9H2,1H3,(H,19,23). The van der Waals surface area contributed by atoms with Crippen LogP contribution < -0.4 is 5.32 Å². The average molecular weight is 388 g/mol. The van der Waals surface area contributed by atoms with E-state index in [1.807, 2.05) is 31.2 Å². The first kappa shape index (κ1) is 18.5. The summed E-state index contributed by atoms with van der Waals surface area (Å²) in [5, 5.41) is 21.2. The zero-order chi connectivity index (χ0) is 19.4. The first-order valence-electron chi connectivity index (χ1n) is 7.69. The molecule has 3 rings (SSSR count). The lowest BCUT2D eigenvalue weighted by atomic mass is 10.1. The zero-order valence-electron chi connectivity index (χ0n) is 14.0. The maximum absolute atomic E-state index is 13.3. The highest BCUT2D eigenvalue weighted by atomic mass is 32.2. The van der Waals surface area contributed by atoms with E-state index in [-0.39, 0.29) is 16.7 Å². The topological polar surface area (TPSA) is 111 Å². The van der Waals surface area contributed by atoms with Gasteiger partial charge in [-0.05, 0) is 31.2 Å². The number of halogens is 1. The molecule has 0 fully saturated rings. The number of hydrogen-bond donors (Lipinski definition) is 1. The van der Waals surface area contributed by atoms with Crippen LogP contribution in [0.25, 0.3) is 11.5 Å². The second-order valence-corrected chi connectivity index (χ2v) is 6.43. The number of amides is 1. The van der Waals surface area contributed by atoms with Crippen LogP contribution in [0, 0.1) is 22.9 Å². The highest BCUT2D eigenvalue weighted by Crippen LogP contribution is 2.24. The van der Waals surface area contributed by atoms with Gasteiger partial charge in [0.15, 0.2) is 0 Å². The molecule has 1 N–H and O–H groups in total. The fourth-order valence-electron chi connectivity index (χ4n) is 2.14. The minimum atomic E-state index is -0.970. The van der Waals surface area contributed by atoms with Gasteiger partial charge in [-0.1, -0.05) is 29.5 Å². The molecule has 0 atom stereocenters. The fraction of sp³-hybridized carbons (Fsp3) is 0.118. The first-order chi connectivity index (χ1) is 12.9. The van der Waals surface area contributed by atoms with Gasteiger partial charge < -0.3 is 9.73 Å². The van der Waals surface area contributed by atoms with Gasteiger partial charge in [0, 0.05) is 17.3 Å². The fourth-order valence-corrected chi connectivity index (χ4v) is 2.70. The molecule has 2 aromatic carbocycles. The van der Waals surface area contributed by atoms with Crippen molar-refractivity contribution in [1.29, 1.82) is 0 Å². The molecule has 0 spiro atoms. The molecule has 0 bridgehead atoms. The van der Waals surface area contributed by atoms with Crippen molar-refractivity contribution in [2.24, 2.45) is 0 Å². The second kappa shape index (κ2) is 7.96. The van der Waals surface area contributed by atoms with E-state index in [4.69, 9.17) is 4.42 Å². The third-order valence-electron chi connectivity index (χ3n) is 3.46. The Morgan fingerprint density at radius 3 is 2.70 bits per heavy atom. The number of carbonyl (C=O) groups is 1. The van der Waals surface area contributed by atoms with Crippen molar-refractivity contribution >= 4 is 29.0 Å². The Morgan fingerprint density at radius 2 is 2.00 bits per heavy atom. The van der Waals surface area contributed by atoms with Crippen molar-refractivity contribution < 1.29 is 18.5 Å². The summed E-state index contributed by atoms with van der Waals surface area (Å²) in [5.74, 6) is -1.13. The number of nitro benzene ring substituents is 1. The minimum absolute atomic E-state index is 0.0549. The summed E-state index contributed by atoms with van der Waals surface area (Å²) in [5.41, 5.74) is 1.29. The summed E-state index contributed by atoms with van der Waals surface area (Å²) in [4.78, 5) is 21.9. The molecule has 0 aliphatic carbocycles. The summed E-state index contributed by atoms with van der Waals surface area (Å²) >= 11 is 1.02. The van der Waals surface area contributed by atoms with Crippen LogP contribution in [0.15, 0.2) is 52.1 Å². The Bertz CT molecular complexity index is 991. The number of carbonyl (C=O) groups excluding carboxylic acids is 1. The molecule has 0 unspecified atom stereocenters. The maximum atomic E-state index is 13.3. The van der Waals surface area contributed by atoms with Crippen LogP contribution in [0.1, 0.15) is 5.56 Å². The molecule has 27 heavy (non-hydrogen) atoms. The van der Waals surface area contributed by atoms with E-state index < -0.39 is 22.3 Å². The highest BCUT2D eigenvalue weighted by Gasteiger charge is 2.16. The lowest BCUT2D eigenvalue weighted by Crippen LogP contribution is -2.14. The number of aryl methyl sites for hydroxylation is 1. The normalized spacial score (nSPS) is 10.6. The number of nitro groups is 1. The number of thioether (sulfide) groups is 1. The summed E-state index contributed by atoms with van der Waals surface area (Å²) in [6.07, 6.45) is 0. The molecule has 0 radical (unpaired) electrons. The molecular weight excluding hydrogens is 375 g/mol. The van der Waals surface area contributed by atoms with Crippen molar-refractivity contribution in [2.75, 3.05) is 11.1 Å².